The lowest BCUT2D eigenvalue weighted by molar-refractivity contribution is 0.148. The molecule has 0 aromatic heterocycles. The molecule has 0 atom stereocenters. The van der Waals surface area contributed by atoms with Crippen LogP contribution in [0.25, 0.3) is 0 Å². The van der Waals surface area contributed by atoms with Crippen LogP contribution in [0, 0.1) is 0 Å². The van der Waals surface area contributed by atoms with Gasteiger partial charge in [-0.2, -0.15) is 0 Å². The van der Waals surface area contributed by atoms with E-state index in [4.69, 9.17) is 4.43 Å². The summed E-state index contributed by atoms with van der Waals surface area (Å²) >= 11 is 0. The minimum absolute atomic E-state index is 0.204. The quantitative estimate of drug-likeness (QED) is 0.718. The first kappa shape index (κ1) is 18.1. The summed E-state index contributed by atoms with van der Waals surface area (Å²) in [5.41, 5.74) is 0.433. The SMILES string of the molecule is CC(C)O[SiH2]CN(CCNC(C)(C)C)C(C)(C)C. The summed E-state index contributed by atoms with van der Waals surface area (Å²) in [7, 11) is -0.427. The van der Waals surface area contributed by atoms with Gasteiger partial charge in [0, 0.05) is 36.4 Å². The fraction of sp³-hybridized carbons (Fsp3) is 1.00. The first-order valence-electron chi connectivity index (χ1n) is 7.14. The minimum atomic E-state index is -0.427. The molecule has 0 bridgehead atoms. The second-order valence-electron chi connectivity index (χ2n) is 7.25. The van der Waals surface area contributed by atoms with Gasteiger partial charge in [-0.25, -0.2) is 0 Å². The molecule has 18 heavy (non-hydrogen) atoms. The van der Waals surface area contributed by atoms with E-state index in [1.807, 2.05) is 0 Å². The Kier molecular flexibility index (Phi) is 7.67. The van der Waals surface area contributed by atoms with Crippen LogP contribution in [-0.4, -0.2) is 51.1 Å². The normalized spacial score (nSPS) is 14.3. The maximum Gasteiger partial charge on any atom is 0.175 e. The Bertz CT molecular complexity index is 219. The van der Waals surface area contributed by atoms with Crippen molar-refractivity contribution >= 4 is 9.76 Å². The lowest BCUT2D eigenvalue weighted by atomic mass is 10.1. The van der Waals surface area contributed by atoms with Crippen molar-refractivity contribution in [2.75, 3.05) is 19.3 Å². The van der Waals surface area contributed by atoms with Crippen LogP contribution in [0.3, 0.4) is 0 Å². The zero-order valence-corrected chi connectivity index (χ0v) is 15.2. The molecule has 0 radical (unpaired) electrons. The molecule has 0 heterocycles. The molecule has 0 aromatic carbocycles. The van der Waals surface area contributed by atoms with Gasteiger partial charge in [0.2, 0.25) is 0 Å². The molecule has 0 amide bonds. The smallest absolute Gasteiger partial charge is 0.175 e. The van der Waals surface area contributed by atoms with Crippen LogP contribution in [0.5, 0.6) is 0 Å². The van der Waals surface area contributed by atoms with Gasteiger partial charge in [-0.3, -0.25) is 4.90 Å². The molecule has 0 aromatic rings. The van der Waals surface area contributed by atoms with Crippen LogP contribution < -0.4 is 5.32 Å². The second-order valence-corrected chi connectivity index (χ2v) is 8.44. The van der Waals surface area contributed by atoms with Crippen LogP contribution in [0.1, 0.15) is 55.4 Å². The molecular weight excluding hydrogens is 240 g/mol. The molecule has 110 valence electrons. The summed E-state index contributed by atoms with van der Waals surface area (Å²) in [5.74, 6) is 0. The summed E-state index contributed by atoms with van der Waals surface area (Å²) in [6, 6.07) is 0. The first-order valence-corrected chi connectivity index (χ1v) is 8.72. The van der Waals surface area contributed by atoms with Crippen molar-refractivity contribution in [1.29, 1.82) is 0 Å². The molecule has 1 N–H and O–H groups in total. The van der Waals surface area contributed by atoms with Gasteiger partial charge < -0.3 is 9.74 Å². The largest absolute Gasteiger partial charge is 0.420 e. The molecule has 4 heteroatoms. The van der Waals surface area contributed by atoms with Crippen LogP contribution in [-0.2, 0) is 4.43 Å². The molecular formula is C14H34N2OSi. The fourth-order valence-electron chi connectivity index (χ4n) is 1.75. The standard InChI is InChI=1S/C14H34N2OSi/c1-12(2)17-18-11-16(14(6,7)8)10-9-15-13(3,4)5/h12,15H,9-11,18H2,1-8H3. The molecule has 3 nitrogen and oxygen atoms in total. The molecule has 0 saturated carbocycles. The van der Waals surface area contributed by atoms with Crippen molar-refractivity contribution < 1.29 is 4.43 Å². The maximum absolute atomic E-state index is 5.79. The van der Waals surface area contributed by atoms with E-state index in [1.54, 1.807) is 0 Å². The lowest BCUT2D eigenvalue weighted by Crippen LogP contribution is -2.49. The van der Waals surface area contributed by atoms with Gasteiger partial charge in [0.05, 0.1) is 0 Å². The van der Waals surface area contributed by atoms with Crippen LogP contribution in [0.15, 0.2) is 0 Å². The number of nitrogens with zero attached hydrogens (tertiary/aromatic N) is 1. The third kappa shape index (κ3) is 10.1. The molecule has 0 rings (SSSR count). The van der Waals surface area contributed by atoms with Crippen molar-refractivity contribution in [3.05, 3.63) is 0 Å². The van der Waals surface area contributed by atoms with Gasteiger partial charge in [0.25, 0.3) is 0 Å². The highest BCUT2D eigenvalue weighted by atomic mass is 28.2. The Balaban J connectivity index is 4.09. The van der Waals surface area contributed by atoms with Gasteiger partial charge in [0.15, 0.2) is 9.76 Å². The van der Waals surface area contributed by atoms with Crippen LogP contribution >= 0.6 is 0 Å². The topological polar surface area (TPSA) is 24.5 Å². The van der Waals surface area contributed by atoms with Crippen molar-refractivity contribution in [3.63, 3.8) is 0 Å². The number of hydrogen-bond donors (Lipinski definition) is 1. The average Bonchev–Trinajstić information content (AvgIpc) is 2.11. The Labute approximate surface area is 117 Å². The Morgan fingerprint density at radius 3 is 2.06 bits per heavy atom. The summed E-state index contributed by atoms with van der Waals surface area (Å²) in [6.07, 6.45) is 1.51. The van der Waals surface area contributed by atoms with E-state index in [-0.39, 0.29) is 11.1 Å². The Morgan fingerprint density at radius 2 is 1.67 bits per heavy atom. The van der Waals surface area contributed by atoms with Crippen molar-refractivity contribution in [2.45, 2.75) is 72.6 Å². The Morgan fingerprint density at radius 1 is 1.11 bits per heavy atom. The number of rotatable bonds is 7. The third-order valence-corrected chi connectivity index (χ3v) is 4.42. The summed E-state index contributed by atoms with van der Waals surface area (Å²) < 4.78 is 5.79. The van der Waals surface area contributed by atoms with E-state index in [1.165, 1.54) is 0 Å². The number of nitrogens with one attached hydrogen (secondary N) is 1. The van der Waals surface area contributed by atoms with E-state index in [0.717, 1.165) is 19.3 Å². The molecule has 0 saturated heterocycles. The fourth-order valence-corrected chi connectivity index (χ4v) is 3.44. The van der Waals surface area contributed by atoms with Gasteiger partial charge in [0.1, 0.15) is 0 Å². The predicted octanol–water partition coefficient (Wildman–Crippen LogP) is 1.94. The summed E-state index contributed by atoms with van der Waals surface area (Å²) in [4.78, 5) is 2.54. The number of hydrogen-bond acceptors (Lipinski definition) is 3. The van der Waals surface area contributed by atoms with Gasteiger partial charge >= 0.3 is 0 Å². The van der Waals surface area contributed by atoms with Crippen LogP contribution in [0.2, 0.25) is 0 Å². The van der Waals surface area contributed by atoms with Gasteiger partial charge in [-0.1, -0.05) is 0 Å². The molecule has 0 spiro atoms. The Hall–Kier alpha value is 0.0969. The molecule has 0 unspecified atom stereocenters. The lowest BCUT2D eigenvalue weighted by Gasteiger charge is -2.36. The average molecular weight is 275 g/mol. The molecule has 0 fully saturated rings. The summed E-state index contributed by atoms with van der Waals surface area (Å²) in [6.45, 7) is 19.9. The molecule has 0 aliphatic rings. The van der Waals surface area contributed by atoms with Crippen molar-refractivity contribution in [2.24, 2.45) is 0 Å². The van der Waals surface area contributed by atoms with E-state index in [9.17, 15) is 0 Å². The third-order valence-electron chi connectivity index (χ3n) is 2.80. The van der Waals surface area contributed by atoms with Gasteiger partial charge in [-0.15, -0.1) is 0 Å². The second kappa shape index (κ2) is 7.63. The molecule has 0 aliphatic carbocycles. The highest BCUT2D eigenvalue weighted by molar-refractivity contribution is 6.27. The van der Waals surface area contributed by atoms with E-state index >= 15 is 0 Å². The van der Waals surface area contributed by atoms with E-state index in [2.05, 4.69) is 65.6 Å². The van der Waals surface area contributed by atoms with Crippen molar-refractivity contribution in [1.82, 2.24) is 10.2 Å². The van der Waals surface area contributed by atoms with Crippen molar-refractivity contribution in [3.8, 4) is 0 Å². The van der Waals surface area contributed by atoms with Gasteiger partial charge in [-0.05, 0) is 55.4 Å². The van der Waals surface area contributed by atoms with E-state index in [0.29, 0.717) is 6.10 Å². The predicted molar refractivity (Wildman–Crippen MR) is 83.8 cm³/mol. The minimum Gasteiger partial charge on any atom is -0.420 e. The van der Waals surface area contributed by atoms with E-state index < -0.39 is 9.76 Å². The maximum atomic E-state index is 5.79. The first-order chi connectivity index (χ1) is 8.02. The zero-order chi connectivity index (χ0) is 14.4. The molecule has 0 aliphatic heterocycles. The highest BCUT2D eigenvalue weighted by Crippen LogP contribution is 2.12. The monoisotopic (exact) mass is 274 g/mol. The van der Waals surface area contributed by atoms with Crippen LogP contribution in [0.4, 0.5) is 0 Å². The highest BCUT2D eigenvalue weighted by Gasteiger charge is 2.21. The summed E-state index contributed by atoms with van der Waals surface area (Å²) in [5, 5.41) is 3.56. The zero-order valence-electron chi connectivity index (χ0n) is 13.8.